The highest BCUT2D eigenvalue weighted by atomic mass is 16.5. The lowest BCUT2D eigenvalue weighted by Crippen LogP contribution is -2.40. The van der Waals surface area contributed by atoms with Gasteiger partial charge in [-0.15, -0.1) is 0 Å². The van der Waals surface area contributed by atoms with E-state index >= 15 is 0 Å². The molecule has 4 aromatic rings. The summed E-state index contributed by atoms with van der Waals surface area (Å²) < 4.78 is 7.45. The number of para-hydroxylation sites is 2. The highest BCUT2D eigenvalue weighted by Crippen LogP contribution is 2.28. The van der Waals surface area contributed by atoms with Gasteiger partial charge >= 0.3 is 6.03 Å². The first-order valence-electron chi connectivity index (χ1n) is 13.8. The number of ether oxygens (including phenoxy) is 1. The van der Waals surface area contributed by atoms with E-state index < -0.39 is 6.03 Å². The number of carbonyl (C=O) groups is 2. The number of aryl methyl sites for hydroxylation is 2. The summed E-state index contributed by atoms with van der Waals surface area (Å²) in [5, 5.41) is 10.8. The van der Waals surface area contributed by atoms with Crippen molar-refractivity contribution >= 4 is 23.4 Å². The number of urea groups is 1. The van der Waals surface area contributed by atoms with E-state index in [0.29, 0.717) is 23.9 Å². The zero-order valence-electron chi connectivity index (χ0n) is 24.7. The fourth-order valence-electron chi connectivity index (χ4n) is 4.47. The number of benzene rings is 3. The average Bonchev–Trinajstić information content (AvgIpc) is 3.34. The molecule has 3 aromatic carbocycles. The van der Waals surface area contributed by atoms with Crippen LogP contribution in [-0.4, -0.2) is 39.8 Å². The Bertz CT molecular complexity index is 1510. The zero-order valence-corrected chi connectivity index (χ0v) is 24.7. The molecule has 0 fully saturated rings. The van der Waals surface area contributed by atoms with Gasteiger partial charge in [-0.2, -0.15) is 5.10 Å². The number of nitrogens with one attached hydrogen (secondary N) is 2. The highest BCUT2D eigenvalue weighted by Gasteiger charge is 2.24. The summed E-state index contributed by atoms with van der Waals surface area (Å²) >= 11 is 0. The summed E-state index contributed by atoms with van der Waals surface area (Å²) in [4.78, 5) is 28.5. The number of aromatic nitrogens is 2. The maximum Gasteiger partial charge on any atom is 0.322 e. The fraction of sp³-hybridized carbons (Fsp3) is 0.303. The van der Waals surface area contributed by atoms with E-state index in [1.54, 1.807) is 16.8 Å². The molecule has 0 atom stereocenters. The Labute approximate surface area is 242 Å². The number of carbonyl (C=O) groups excluding carboxylic acids is 2. The molecule has 0 saturated heterocycles. The Morgan fingerprint density at radius 3 is 2.32 bits per heavy atom. The maximum absolute atomic E-state index is 13.5. The van der Waals surface area contributed by atoms with Gasteiger partial charge in [-0.1, -0.05) is 80.9 Å². The van der Waals surface area contributed by atoms with E-state index in [0.717, 1.165) is 28.1 Å². The molecular weight excluding hydrogens is 514 g/mol. The van der Waals surface area contributed by atoms with E-state index in [1.165, 1.54) is 4.90 Å². The minimum absolute atomic E-state index is 0.166. The number of hydrogen-bond donors (Lipinski definition) is 2. The van der Waals surface area contributed by atoms with Gasteiger partial charge in [-0.25, -0.2) is 9.48 Å². The third-order valence-electron chi connectivity index (χ3n) is 6.59. The van der Waals surface area contributed by atoms with Gasteiger partial charge < -0.3 is 20.3 Å². The molecule has 214 valence electrons. The molecule has 2 N–H and O–H groups in total. The quantitative estimate of drug-likeness (QED) is 0.237. The van der Waals surface area contributed by atoms with Gasteiger partial charge in [-0.3, -0.25) is 4.79 Å². The third-order valence-corrected chi connectivity index (χ3v) is 6.59. The number of amides is 3. The Hall–Kier alpha value is -4.59. The largest absolute Gasteiger partial charge is 0.492 e. The molecule has 3 amide bonds. The third kappa shape index (κ3) is 7.54. The lowest BCUT2D eigenvalue weighted by molar-refractivity contribution is -0.116. The molecule has 4 rings (SSSR count). The number of anilines is 2. The molecule has 8 nitrogen and oxygen atoms in total. The van der Waals surface area contributed by atoms with Crippen molar-refractivity contribution in [2.75, 3.05) is 23.8 Å². The van der Waals surface area contributed by atoms with Crippen molar-refractivity contribution in [3.63, 3.8) is 0 Å². The van der Waals surface area contributed by atoms with Gasteiger partial charge in [0.25, 0.3) is 0 Å². The molecule has 41 heavy (non-hydrogen) atoms. The smallest absolute Gasteiger partial charge is 0.322 e. The van der Waals surface area contributed by atoms with Crippen LogP contribution in [0.15, 0.2) is 78.9 Å². The minimum atomic E-state index is -0.408. The Kier molecular flexibility index (Phi) is 9.12. The molecule has 1 aromatic heterocycles. The van der Waals surface area contributed by atoms with E-state index in [1.807, 2.05) is 81.4 Å². The molecule has 8 heteroatoms. The first-order valence-corrected chi connectivity index (χ1v) is 13.8. The van der Waals surface area contributed by atoms with Crippen molar-refractivity contribution in [2.24, 2.45) is 0 Å². The van der Waals surface area contributed by atoms with Gasteiger partial charge in [-0.05, 0) is 50.1 Å². The fourth-order valence-corrected chi connectivity index (χ4v) is 4.47. The van der Waals surface area contributed by atoms with E-state index in [4.69, 9.17) is 9.84 Å². The van der Waals surface area contributed by atoms with Gasteiger partial charge in [0.2, 0.25) is 5.91 Å². The summed E-state index contributed by atoms with van der Waals surface area (Å²) in [6.45, 7) is 12.8. The Morgan fingerprint density at radius 1 is 0.927 bits per heavy atom. The lowest BCUT2D eigenvalue weighted by Gasteiger charge is -2.23. The standard InChI is InChI=1S/C33H39N5O3/c1-7-41-28-16-12-11-15-26(28)34-32(40)37(21-25-13-9-8-10-14-25)22-31(39)35-30-20-29(33(4,5)6)36-38(30)27-18-17-23(2)19-24(27)3/h8-20H,7,21-22H2,1-6H3,(H,34,40)(H,35,39). The predicted molar refractivity (Wildman–Crippen MR) is 164 cm³/mol. The van der Waals surface area contributed by atoms with Crippen LogP contribution in [0.25, 0.3) is 5.69 Å². The second-order valence-electron chi connectivity index (χ2n) is 11.1. The van der Waals surface area contributed by atoms with Crippen molar-refractivity contribution in [1.29, 1.82) is 0 Å². The van der Waals surface area contributed by atoms with E-state index in [-0.39, 0.29) is 24.4 Å². The van der Waals surface area contributed by atoms with Crippen molar-refractivity contribution in [2.45, 2.75) is 53.5 Å². The number of hydrogen-bond acceptors (Lipinski definition) is 4. The molecule has 0 unspecified atom stereocenters. The van der Waals surface area contributed by atoms with Crippen LogP contribution in [0.3, 0.4) is 0 Å². The van der Waals surface area contributed by atoms with Crippen LogP contribution < -0.4 is 15.4 Å². The van der Waals surface area contributed by atoms with Crippen LogP contribution in [0.4, 0.5) is 16.3 Å². The minimum Gasteiger partial charge on any atom is -0.492 e. The van der Waals surface area contributed by atoms with Gasteiger partial charge in [0.15, 0.2) is 0 Å². The topological polar surface area (TPSA) is 88.5 Å². The first-order chi connectivity index (χ1) is 19.5. The first kappa shape index (κ1) is 29.4. The van der Waals surface area contributed by atoms with Crippen LogP contribution in [0.5, 0.6) is 5.75 Å². The monoisotopic (exact) mass is 553 g/mol. The van der Waals surface area contributed by atoms with Crippen molar-refractivity contribution in [1.82, 2.24) is 14.7 Å². The molecule has 0 bridgehead atoms. The molecule has 0 aliphatic heterocycles. The molecule has 0 saturated carbocycles. The van der Waals surface area contributed by atoms with Crippen LogP contribution in [0.1, 0.15) is 50.1 Å². The summed E-state index contributed by atoms with van der Waals surface area (Å²) in [6, 6.07) is 24.5. The SMILES string of the molecule is CCOc1ccccc1NC(=O)N(CC(=O)Nc1cc(C(C)(C)C)nn1-c1ccc(C)cc1C)Cc1ccccc1. The molecule has 0 spiro atoms. The summed E-state index contributed by atoms with van der Waals surface area (Å²) in [7, 11) is 0. The van der Waals surface area contributed by atoms with Crippen LogP contribution in [0.2, 0.25) is 0 Å². The zero-order chi connectivity index (χ0) is 29.6. The summed E-state index contributed by atoms with van der Waals surface area (Å²) in [5.41, 5.74) is 5.14. The van der Waals surface area contributed by atoms with Crippen LogP contribution in [-0.2, 0) is 16.8 Å². The summed E-state index contributed by atoms with van der Waals surface area (Å²) in [6.07, 6.45) is 0. The normalized spacial score (nSPS) is 11.2. The molecule has 0 radical (unpaired) electrons. The summed E-state index contributed by atoms with van der Waals surface area (Å²) in [5.74, 6) is 0.786. The Morgan fingerprint density at radius 2 is 1.63 bits per heavy atom. The van der Waals surface area contributed by atoms with Crippen molar-refractivity contribution < 1.29 is 14.3 Å². The lowest BCUT2D eigenvalue weighted by atomic mass is 9.92. The Balaban J connectivity index is 1.61. The number of nitrogens with zero attached hydrogens (tertiary/aromatic N) is 3. The highest BCUT2D eigenvalue weighted by molar-refractivity contribution is 5.97. The molecule has 0 aliphatic rings. The second-order valence-corrected chi connectivity index (χ2v) is 11.1. The predicted octanol–water partition coefficient (Wildman–Crippen LogP) is 6.86. The van der Waals surface area contributed by atoms with Crippen LogP contribution in [0, 0.1) is 13.8 Å². The molecular formula is C33H39N5O3. The van der Waals surface area contributed by atoms with Gasteiger partial charge in [0.05, 0.1) is 23.7 Å². The molecule has 0 aliphatic carbocycles. The number of rotatable bonds is 9. The van der Waals surface area contributed by atoms with Crippen molar-refractivity contribution in [3.05, 3.63) is 101 Å². The maximum atomic E-state index is 13.5. The second kappa shape index (κ2) is 12.7. The van der Waals surface area contributed by atoms with Crippen molar-refractivity contribution in [3.8, 4) is 11.4 Å². The average molecular weight is 554 g/mol. The van der Waals surface area contributed by atoms with Crippen LogP contribution >= 0.6 is 0 Å². The van der Waals surface area contributed by atoms with E-state index in [9.17, 15) is 9.59 Å². The van der Waals surface area contributed by atoms with Gasteiger partial charge in [0.1, 0.15) is 18.1 Å². The van der Waals surface area contributed by atoms with E-state index in [2.05, 4.69) is 37.5 Å². The van der Waals surface area contributed by atoms with Gasteiger partial charge in [0, 0.05) is 18.0 Å². The molecule has 1 heterocycles.